The summed E-state index contributed by atoms with van der Waals surface area (Å²) in [6.07, 6.45) is 0.638. The minimum Gasteiger partial charge on any atom is -0.393 e. The Labute approximate surface area is 98.8 Å². The molecule has 0 bridgehead atoms. The summed E-state index contributed by atoms with van der Waals surface area (Å²) in [7, 11) is 0. The fraction of sp³-hybridized carbons (Fsp3) is 0.273. The Balaban J connectivity index is 2.30. The van der Waals surface area contributed by atoms with Gasteiger partial charge in [-0.3, -0.25) is 4.79 Å². The van der Waals surface area contributed by atoms with E-state index in [1.165, 1.54) is 12.1 Å². The first kappa shape index (κ1) is 12.6. The second-order valence-corrected chi connectivity index (χ2v) is 3.90. The molecule has 0 radical (unpaired) electrons. The van der Waals surface area contributed by atoms with E-state index in [0.29, 0.717) is 13.0 Å². The fourth-order valence-corrected chi connectivity index (χ4v) is 1.39. The van der Waals surface area contributed by atoms with E-state index in [9.17, 15) is 9.18 Å². The summed E-state index contributed by atoms with van der Waals surface area (Å²) in [5.74, 6) is -0.476. The van der Waals surface area contributed by atoms with Crippen LogP contribution in [0.1, 0.15) is 12.0 Å². The molecule has 1 aromatic carbocycles. The van der Waals surface area contributed by atoms with Gasteiger partial charge in [0.15, 0.2) is 0 Å². The van der Waals surface area contributed by atoms with Crippen molar-refractivity contribution in [3.63, 3.8) is 0 Å². The molecule has 0 unspecified atom stereocenters. The normalized spacial score (nSPS) is 9.81. The molecule has 0 aliphatic rings. The third kappa shape index (κ3) is 4.84. The highest BCUT2D eigenvalue weighted by Gasteiger charge is 2.02. The number of hydrogen-bond acceptors (Lipinski definition) is 2. The molecule has 0 aliphatic carbocycles. The maximum absolute atomic E-state index is 12.8. The third-order valence-electron chi connectivity index (χ3n) is 1.96. The molecule has 0 atom stereocenters. The average Bonchev–Trinajstić information content (AvgIpc) is 2.16. The largest absolute Gasteiger partial charge is 0.393 e. The van der Waals surface area contributed by atoms with Crippen LogP contribution in [0.15, 0.2) is 24.3 Å². The van der Waals surface area contributed by atoms with Crippen LogP contribution in [0.25, 0.3) is 0 Å². The second kappa shape index (κ2) is 6.17. The Morgan fingerprint density at radius 3 is 2.88 bits per heavy atom. The van der Waals surface area contributed by atoms with Crippen molar-refractivity contribution in [1.82, 2.24) is 5.32 Å². The minimum absolute atomic E-state index is 0.0541. The Hall–Kier alpha value is -1.49. The first-order valence-electron chi connectivity index (χ1n) is 4.87. The van der Waals surface area contributed by atoms with Gasteiger partial charge in [-0.25, -0.2) is 4.39 Å². The molecule has 1 amide bonds. The summed E-state index contributed by atoms with van der Waals surface area (Å²) < 4.78 is 12.8. The molecule has 16 heavy (non-hydrogen) atoms. The van der Waals surface area contributed by atoms with Gasteiger partial charge in [-0.1, -0.05) is 24.4 Å². The lowest BCUT2D eigenvalue weighted by Crippen LogP contribution is -2.29. The summed E-state index contributed by atoms with van der Waals surface area (Å²) in [5, 5.41) is 2.65. The van der Waals surface area contributed by atoms with E-state index < -0.39 is 0 Å². The van der Waals surface area contributed by atoms with Crippen LogP contribution in [0.5, 0.6) is 0 Å². The predicted octanol–water partition coefficient (Wildman–Crippen LogP) is 1.16. The lowest BCUT2D eigenvalue weighted by molar-refractivity contribution is -0.119. The lowest BCUT2D eigenvalue weighted by Gasteiger charge is -2.04. The highest BCUT2D eigenvalue weighted by molar-refractivity contribution is 7.80. The number of amides is 1. The zero-order valence-corrected chi connectivity index (χ0v) is 9.52. The van der Waals surface area contributed by atoms with Crippen molar-refractivity contribution in [1.29, 1.82) is 0 Å². The molecule has 86 valence electrons. The van der Waals surface area contributed by atoms with E-state index >= 15 is 0 Å². The molecule has 0 saturated heterocycles. The zero-order chi connectivity index (χ0) is 12.0. The molecule has 1 rings (SSSR count). The number of carbonyl (C=O) groups excluding carboxylic acids is 1. The van der Waals surface area contributed by atoms with E-state index in [0.717, 1.165) is 5.56 Å². The van der Waals surface area contributed by atoms with Gasteiger partial charge < -0.3 is 11.1 Å². The van der Waals surface area contributed by atoms with Gasteiger partial charge in [0, 0.05) is 6.54 Å². The van der Waals surface area contributed by atoms with Crippen LogP contribution < -0.4 is 11.1 Å². The third-order valence-corrected chi connectivity index (χ3v) is 2.10. The molecule has 0 heterocycles. The minimum atomic E-state index is -0.271. The molecule has 1 aromatic rings. The van der Waals surface area contributed by atoms with Gasteiger partial charge >= 0.3 is 0 Å². The van der Waals surface area contributed by atoms with Crippen LogP contribution in [-0.4, -0.2) is 17.4 Å². The predicted molar refractivity (Wildman–Crippen MR) is 64.5 cm³/mol. The van der Waals surface area contributed by atoms with Crippen LogP contribution in [0, 0.1) is 5.82 Å². The molecule has 0 fully saturated rings. The van der Waals surface area contributed by atoms with Gasteiger partial charge in [0.25, 0.3) is 0 Å². The summed E-state index contributed by atoms with van der Waals surface area (Å²) in [4.78, 5) is 11.3. The zero-order valence-electron chi connectivity index (χ0n) is 8.70. The molecule has 3 nitrogen and oxygen atoms in total. The van der Waals surface area contributed by atoms with E-state index in [1.807, 2.05) is 6.07 Å². The number of thiocarbonyl (C=S) groups is 1. The van der Waals surface area contributed by atoms with Gasteiger partial charge in [-0.15, -0.1) is 0 Å². The SMILES string of the molecule is NC(=S)CC(=O)NCCc1cccc(F)c1. The van der Waals surface area contributed by atoms with Gasteiger partial charge in [0.2, 0.25) is 5.91 Å². The lowest BCUT2D eigenvalue weighted by atomic mass is 10.1. The van der Waals surface area contributed by atoms with E-state index in [1.54, 1.807) is 6.07 Å². The number of hydrogen-bond donors (Lipinski definition) is 2. The summed E-state index contributed by atoms with van der Waals surface area (Å²) in [5.41, 5.74) is 6.06. The topological polar surface area (TPSA) is 55.1 Å². The van der Waals surface area contributed by atoms with Crippen molar-refractivity contribution in [3.8, 4) is 0 Å². The van der Waals surface area contributed by atoms with Crippen molar-refractivity contribution in [2.75, 3.05) is 6.54 Å². The number of nitrogens with one attached hydrogen (secondary N) is 1. The smallest absolute Gasteiger partial charge is 0.226 e. The van der Waals surface area contributed by atoms with Crippen molar-refractivity contribution in [2.24, 2.45) is 5.73 Å². The number of nitrogens with two attached hydrogens (primary N) is 1. The molecule has 5 heteroatoms. The Morgan fingerprint density at radius 1 is 1.50 bits per heavy atom. The number of benzene rings is 1. The Morgan fingerprint density at radius 2 is 2.25 bits per heavy atom. The molecular weight excluding hydrogens is 227 g/mol. The maximum Gasteiger partial charge on any atom is 0.226 e. The van der Waals surface area contributed by atoms with Crippen LogP contribution in [0.2, 0.25) is 0 Å². The van der Waals surface area contributed by atoms with Crippen molar-refractivity contribution < 1.29 is 9.18 Å². The summed E-state index contributed by atoms with van der Waals surface area (Å²) in [6, 6.07) is 6.28. The molecule has 0 aromatic heterocycles. The van der Waals surface area contributed by atoms with Gasteiger partial charge in [0.05, 0.1) is 11.4 Å². The Kier molecular flexibility index (Phi) is 4.85. The second-order valence-electron chi connectivity index (χ2n) is 3.37. The van der Waals surface area contributed by atoms with Crippen molar-refractivity contribution in [2.45, 2.75) is 12.8 Å². The van der Waals surface area contributed by atoms with Crippen molar-refractivity contribution in [3.05, 3.63) is 35.6 Å². The monoisotopic (exact) mass is 240 g/mol. The highest BCUT2D eigenvalue weighted by atomic mass is 32.1. The highest BCUT2D eigenvalue weighted by Crippen LogP contribution is 2.03. The quantitative estimate of drug-likeness (QED) is 0.759. The first-order valence-corrected chi connectivity index (χ1v) is 5.28. The average molecular weight is 240 g/mol. The maximum atomic E-state index is 12.8. The van der Waals surface area contributed by atoms with E-state index in [-0.39, 0.29) is 23.1 Å². The molecule has 0 spiro atoms. The molecule has 0 aliphatic heterocycles. The van der Waals surface area contributed by atoms with Gasteiger partial charge in [-0.05, 0) is 24.1 Å². The van der Waals surface area contributed by atoms with Crippen LogP contribution in [0.3, 0.4) is 0 Å². The number of carbonyl (C=O) groups is 1. The van der Waals surface area contributed by atoms with Gasteiger partial charge in [-0.2, -0.15) is 0 Å². The van der Waals surface area contributed by atoms with Gasteiger partial charge in [0.1, 0.15) is 5.82 Å². The van der Waals surface area contributed by atoms with Crippen LogP contribution in [0.4, 0.5) is 4.39 Å². The van der Waals surface area contributed by atoms with Crippen LogP contribution in [-0.2, 0) is 11.2 Å². The number of rotatable bonds is 5. The molecular formula is C11H13FN2OS. The summed E-state index contributed by atoms with van der Waals surface area (Å²) >= 11 is 4.60. The fourth-order valence-electron chi connectivity index (χ4n) is 1.26. The molecule has 0 saturated carbocycles. The van der Waals surface area contributed by atoms with E-state index in [2.05, 4.69) is 17.5 Å². The first-order chi connectivity index (χ1) is 7.58. The van der Waals surface area contributed by atoms with Crippen molar-refractivity contribution >= 4 is 23.1 Å². The van der Waals surface area contributed by atoms with E-state index in [4.69, 9.17) is 5.73 Å². The molecule has 3 N–H and O–H groups in total. The Bertz CT molecular complexity index is 395. The standard InChI is InChI=1S/C11H13FN2OS/c12-9-3-1-2-8(6-9)4-5-14-11(15)7-10(13)16/h1-3,6H,4-5,7H2,(H2,13,16)(H,14,15). The summed E-state index contributed by atoms with van der Waals surface area (Å²) in [6.45, 7) is 0.449. The van der Waals surface area contributed by atoms with Crippen LogP contribution >= 0.6 is 12.2 Å². The number of halogens is 1.